The summed E-state index contributed by atoms with van der Waals surface area (Å²) in [5.41, 5.74) is 3.52. The van der Waals surface area contributed by atoms with Crippen molar-refractivity contribution in [3.05, 3.63) is 52.0 Å². The number of rotatable bonds is 6. The van der Waals surface area contributed by atoms with Crippen molar-refractivity contribution in [3.63, 3.8) is 0 Å². The molecule has 4 rings (SSSR count). The third-order valence-corrected chi connectivity index (χ3v) is 9.67. The van der Waals surface area contributed by atoms with Crippen LogP contribution in [0.25, 0.3) is 0 Å². The lowest BCUT2D eigenvalue weighted by atomic mass is 9.98. The van der Waals surface area contributed by atoms with E-state index in [2.05, 4.69) is 35.1 Å². The average molecular weight is 563 g/mol. The van der Waals surface area contributed by atoms with Crippen LogP contribution in [0.5, 0.6) is 0 Å². The van der Waals surface area contributed by atoms with Crippen molar-refractivity contribution in [3.8, 4) is 0 Å². The van der Waals surface area contributed by atoms with Gasteiger partial charge >= 0.3 is 0 Å². The average Bonchev–Trinajstić information content (AvgIpc) is 3.26. The van der Waals surface area contributed by atoms with Crippen LogP contribution in [0, 0.1) is 5.92 Å². The van der Waals surface area contributed by atoms with Crippen molar-refractivity contribution < 1.29 is 18.0 Å². The van der Waals surface area contributed by atoms with Crippen molar-refractivity contribution in [2.24, 2.45) is 5.92 Å². The number of nitrogens with one attached hydrogen (secondary N) is 1. The van der Waals surface area contributed by atoms with Gasteiger partial charge in [-0.3, -0.25) is 9.59 Å². The van der Waals surface area contributed by atoms with Gasteiger partial charge in [-0.05, 0) is 76.5 Å². The van der Waals surface area contributed by atoms with E-state index in [-0.39, 0.29) is 23.3 Å². The lowest BCUT2D eigenvalue weighted by molar-refractivity contribution is -0.121. The molecule has 2 aromatic carbocycles. The molecule has 2 amide bonds. The van der Waals surface area contributed by atoms with E-state index in [1.165, 1.54) is 9.87 Å². The molecule has 2 aromatic rings. The first-order valence-corrected chi connectivity index (χ1v) is 14.4. The Bertz CT molecular complexity index is 1230. The van der Waals surface area contributed by atoms with E-state index in [1.54, 1.807) is 24.0 Å². The SMILES string of the molecule is CCC(=O)N1CCc2cc(Br)c(S(=O)(=O)N3CCC[C@@H](C(=O)Nc4ccc(C(C)C)cc4)C3)cc21. The van der Waals surface area contributed by atoms with Crippen LogP contribution in [-0.2, 0) is 26.0 Å². The highest BCUT2D eigenvalue weighted by atomic mass is 79.9. The fourth-order valence-corrected chi connectivity index (χ4v) is 7.34. The number of hydrogen-bond donors (Lipinski definition) is 1. The Morgan fingerprint density at radius 1 is 1.14 bits per heavy atom. The van der Waals surface area contributed by atoms with Crippen LogP contribution in [0.2, 0.25) is 0 Å². The number of nitrogens with zero attached hydrogens (tertiary/aromatic N) is 2. The van der Waals surface area contributed by atoms with Crippen molar-refractivity contribution in [1.29, 1.82) is 0 Å². The van der Waals surface area contributed by atoms with Gasteiger partial charge in [-0.1, -0.05) is 32.9 Å². The van der Waals surface area contributed by atoms with Crippen molar-refractivity contribution in [1.82, 2.24) is 4.31 Å². The Labute approximate surface area is 216 Å². The van der Waals surface area contributed by atoms with Crippen LogP contribution in [0.4, 0.5) is 11.4 Å². The zero-order chi connectivity index (χ0) is 25.3. The van der Waals surface area contributed by atoms with Gasteiger partial charge < -0.3 is 10.2 Å². The first-order valence-electron chi connectivity index (χ1n) is 12.2. The summed E-state index contributed by atoms with van der Waals surface area (Å²) in [5.74, 6) is -0.224. The highest BCUT2D eigenvalue weighted by molar-refractivity contribution is 9.10. The number of carbonyl (C=O) groups excluding carboxylic acids is 2. The van der Waals surface area contributed by atoms with Crippen LogP contribution in [-0.4, -0.2) is 44.2 Å². The molecule has 0 bridgehead atoms. The van der Waals surface area contributed by atoms with Gasteiger partial charge in [-0.25, -0.2) is 8.42 Å². The van der Waals surface area contributed by atoms with Gasteiger partial charge in [0.1, 0.15) is 0 Å². The lowest BCUT2D eigenvalue weighted by Gasteiger charge is -2.31. The third-order valence-electron chi connectivity index (χ3n) is 6.85. The number of sulfonamides is 1. The second-order valence-corrected chi connectivity index (χ2v) is 12.3. The van der Waals surface area contributed by atoms with E-state index in [1.807, 2.05) is 24.3 Å². The zero-order valence-electron chi connectivity index (χ0n) is 20.4. The van der Waals surface area contributed by atoms with Crippen molar-refractivity contribution >= 4 is 49.1 Å². The fraction of sp³-hybridized carbons (Fsp3) is 0.462. The number of anilines is 2. The Morgan fingerprint density at radius 2 is 1.86 bits per heavy atom. The molecule has 0 radical (unpaired) electrons. The van der Waals surface area contributed by atoms with Crippen molar-refractivity contribution in [2.45, 2.75) is 57.3 Å². The molecule has 7 nitrogen and oxygen atoms in total. The minimum absolute atomic E-state index is 0.0226. The molecule has 0 unspecified atom stereocenters. The van der Waals surface area contributed by atoms with Gasteiger partial charge in [0.2, 0.25) is 21.8 Å². The Morgan fingerprint density at radius 3 is 2.51 bits per heavy atom. The lowest BCUT2D eigenvalue weighted by Crippen LogP contribution is -2.43. The van der Waals surface area contributed by atoms with Crippen LogP contribution < -0.4 is 10.2 Å². The van der Waals surface area contributed by atoms with Gasteiger partial charge in [0.05, 0.1) is 10.8 Å². The van der Waals surface area contributed by atoms with Gasteiger partial charge in [-0.15, -0.1) is 0 Å². The van der Waals surface area contributed by atoms with E-state index in [9.17, 15) is 18.0 Å². The second kappa shape index (κ2) is 10.4. The number of carbonyl (C=O) groups is 2. The maximum absolute atomic E-state index is 13.6. The molecule has 0 spiro atoms. The van der Waals surface area contributed by atoms with Crippen LogP contribution in [0.3, 0.4) is 0 Å². The number of benzene rings is 2. The first kappa shape index (κ1) is 25.9. The molecular weight excluding hydrogens is 530 g/mol. The number of halogens is 1. The van der Waals surface area contributed by atoms with E-state index in [0.29, 0.717) is 60.5 Å². The summed E-state index contributed by atoms with van der Waals surface area (Å²) in [7, 11) is -3.86. The van der Waals surface area contributed by atoms with E-state index in [0.717, 1.165) is 5.56 Å². The van der Waals surface area contributed by atoms with Crippen molar-refractivity contribution in [2.75, 3.05) is 29.9 Å². The largest absolute Gasteiger partial charge is 0.326 e. The third kappa shape index (κ3) is 5.32. The fourth-order valence-electron chi connectivity index (χ4n) is 4.75. The minimum atomic E-state index is -3.86. The molecular formula is C26H32BrN3O4S. The van der Waals surface area contributed by atoms with Gasteiger partial charge in [0.25, 0.3) is 0 Å². The molecule has 0 saturated carbocycles. The van der Waals surface area contributed by atoms with Crippen LogP contribution in [0.1, 0.15) is 57.1 Å². The maximum atomic E-state index is 13.6. The molecule has 1 atom stereocenters. The monoisotopic (exact) mass is 561 g/mol. The minimum Gasteiger partial charge on any atom is -0.326 e. The molecule has 2 heterocycles. The Kier molecular flexibility index (Phi) is 7.68. The predicted molar refractivity (Wildman–Crippen MR) is 141 cm³/mol. The number of hydrogen-bond acceptors (Lipinski definition) is 4. The summed E-state index contributed by atoms with van der Waals surface area (Å²) in [6.07, 6.45) is 2.30. The topological polar surface area (TPSA) is 86.8 Å². The molecule has 1 saturated heterocycles. The highest BCUT2D eigenvalue weighted by Crippen LogP contribution is 2.37. The summed E-state index contributed by atoms with van der Waals surface area (Å²) in [6, 6.07) is 11.2. The summed E-state index contributed by atoms with van der Waals surface area (Å²) in [6.45, 7) is 7.07. The number of fused-ring (bicyclic) bond motifs is 1. The molecule has 9 heteroatoms. The molecule has 2 aliphatic heterocycles. The standard InChI is InChI=1S/C26H32BrN3O4S/c1-4-25(31)30-13-11-19-14-22(27)24(15-23(19)30)35(33,34)29-12-5-6-20(16-29)26(32)28-21-9-7-18(8-10-21)17(2)3/h7-10,14-15,17,20H,4-6,11-13,16H2,1-3H3,(H,28,32)/t20-/m1/s1. The summed E-state index contributed by atoms with van der Waals surface area (Å²) >= 11 is 3.44. The van der Waals surface area contributed by atoms with E-state index in [4.69, 9.17) is 0 Å². The van der Waals surface area contributed by atoms with E-state index >= 15 is 0 Å². The second-order valence-electron chi connectivity index (χ2n) is 9.53. The highest BCUT2D eigenvalue weighted by Gasteiger charge is 2.36. The van der Waals surface area contributed by atoms with E-state index < -0.39 is 15.9 Å². The molecule has 2 aliphatic rings. The van der Waals surface area contributed by atoms with Gasteiger partial charge in [0, 0.05) is 41.9 Å². The summed E-state index contributed by atoms with van der Waals surface area (Å²) in [5, 5.41) is 2.95. The Hall–Kier alpha value is -2.23. The maximum Gasteiger partial charge on any atom is 0.244 e. The number of amides is 2. The molecule has 0 aromatic heterocycles. The van der Waals surface area contributed by atoms with Gasteiger partial charge in [-0.2, -0.15) is 4.31 Å². The zero-order valence-corrected chi connectivity index (χ0v) is 22.8. The van der Waals surface area contributed by atoms with Crippen LogP contribution in [0.15, 0.2) is 45.8 Å². The molecule has 35 heavy (non-hydrogen) atoms. The summed E-state index contributed by atoms with van der Waals surface area (Å²) in [4.78, 5) is 27.1. The molecule has 1 fully saturated rings. The predicted octanol–water partition coefficient (Wildman–Crippen LogP) is 4.91. The summed E-state index contributed by atoms with van der Waals surface area (Å²) < 4.78 is 29.2. The first-order chi connectivity index (χ1) is 16.6. The quantitative estimate of drug-likeness (QED) is 0.542. The molecule has 188 valence electrons. The van der Waals surface area contributed by atoms with Crippen LogP contribution >= 0.6 is 15.9 Å². The normalized spacial score (nSPS) is 18.5. The molecule has 1 N–H and O–H groups in total. The Balaban J connectivity index is 1.52. The molecule has 0 aliphatic carbocycles. The van der Waals surface area contributed by atoms with Gasteiger partial charge in [0.15, 0.2) is 0 Å². The number of piperidine rings is 1. The smallest absolute Gasteiger partial charge is 0.244 e.